The number of likely N-dealkylation sites (N-methyl/N-ethyl adjacent to an activating group) is 1. The van der Waals surface area contributed by atoms with Crippen molar-refractivity contribution in [3.05, 3.63) is 64.7 Å². The molecule has 1 atom stereocenters. The van der Waals surface area contributed by atoms with Crippen LogP contribution in [0.2, 0.25) is 0 Å². The van der Waals surface area contributed by atoms with E-state index in [0.717, 1.165) is 5.56 Å². The van der Waals surface area contributed by atoms with Gasteiger partial charge in [0, 0.05) is 18.2 Å². The van der Waals surface area contributed by atoms with Crippen molar-refractivity contribution >= 4 is 11.6 Å². The molecule has 0 N–H and O–H groups in total. The van der Waals surface area contributed by atoms with Gasteiger partial charge in [0.05, 0.1) is 17.3 Å². The highest BCUT2D eigenvalue weighted by Gasteiger charge is 2.51. The number of amides is 1. The minimum atomic E-state index is -2.19. The average Bonchev–Trinajstić information content (AvgIpc) is 2.70. The van der Waals surface area contributed by atoms with Crippen LogP contribution in [0.3, 0.4) is 0 Å². The Morgan fingerprint density at radius 3 is 2.48 bits per heavy atom. The van der Waals surface area contributed by atoms with E-state index in [1.807, 2.05) is 19.1 Å². The van der Waals surface area contributed by atoms with Gasteiger partial charge in [0.15, 0.2) is 0 Å². The molecule has 3 rings (SSSR count). The molecular formula is C17H13FN2O. The van der Waals surface area contributed by atoms with E-state index in [1.165, 1.54) is 29.2 Å². The Labute approximate surface area is 122 Å². The minimum Gasteiger partial charge on any atom is -0.312 e. The highest BCUT2D eigenvalue weighted by Crippen LogP contribution is 2.46. The van der Waals surface area contributed by atoms with E-state index in [-0.39, 0.29) is 5.56 Å². The van der Waals surface area contributed by atoms with Crippen LogP contribution in [0.1, 0.15) is 22.3 Å². The summed E-state index contributed by atoms with van der Waals surface area (Å²) in [5.74, 6) is -0.604. The van der Waals surface area contributed by atoms with Crippen LogP contribution in [0.5, 0.6) is 0 Å². The van der Waals surface area contributed by atoms with E-state index >= 15 is 4.39 Å². The van der Waals surface area contributed by atoms with Crippen molar-refractivity contribution in [2.24, 2.45) is 0 Å². The molecule has 1 aliphatic heterocycles. The van der Waals surface area contributed by atoms with Gasteiger partial charge in [0.25, 0.3) is 5.91 Å². The van der Waals surface area contributed by atoms with Crippen LogP contribution in [0.15, 0.2) is 42.5 Å². The summed E-state index contributed by atoms with van der Waals surface area (Å²) >= 11 is 0. The van der Waals surface area contributed by atoms with Gasteiger partial charge >= 0.3 is 0 Å². The first-order valence-corrected chi connectivity index (χ1v) is 6.57. The summed E-state index contributed by atoms with van der Waals surface area (Å²) in [7, 11) is 1.57. The molecule has 1 amide bonds. The van der Waals surface area contributed by atoms with E-state index in [1.54, 1.807) is 19.2 Å². The lowest BCUT2D eigenvalue weighted by Gasteiger charge is -2.19. The van der Waals surface area contributed by atoms with Crippen molar-refractivity contribution in [2.75, 3.05) is 11.9 Å². The summed E-state index contributed by atoms with van der Waals surface area (Å²) in [6, 6.07) is 13.4. The maximum atomic E-state index is 15.6. The second kappa shape index (κ2) is 4.42. The highest BCUT2D eigenvalue weighted by molar-refractivity contribution is 6.08. The van der Waals surface area contributed by atoms with Gasteiger partial charge in [-0.2, -0.15) is 5.26 Å². The molecule has 0 saturated carbocycles. The van der Waals surface area contributed by atoms with Crippen molar-refractivity contribution < 1.29 is 9.18 Å². The normalized spacial score (nSPS) is 20.3. The molecule has 0 radical (unpaired) electrons. The monoisotopic (exact) mass is 280 g/mol. The molecular weight excluding hydrogens is 267 g/mol. The lowest BCUT2D eigenvalue weighted by atomic mass is 9.88. The molecule has 0 aromatic heterocycles. The molecule has 0 bridgehead atoms. The zero-order chi connectivity index (χ0) is 15.2. The summed E-state index contributed by atoms with van der Waals surface area (Å²) in [6.45, 7) is 1.86. The minimum absolute atomic E-state index is 0.253. The van der Waals surface area contributed by atoms with E-state index < -0.39 is 11.6 Å². The van der Waals surface area contributed by atoms with Crippen molar-refractivity contribution in [3.8, 4) is 6.07 Å². The predicted octanol–water partition coefficient (Wildman–Crippen LogP) is 3.06. The number of nitrogens with zero attached hydrogens (tertiary/aromatic N) is 2. The van der Waals surface area contributed by atoms with Crippen LogP contribution in [-0.4, -0.2) is 13.0 Å². The molecule has 104 valence electrons. The number of rotatable bonds is 1. The smallest absolute Gasteiger partial charge is 0.273 e. The SMILES string of the molecule is Cc1ccc2c(c1)[C@](F)(c1ccc(C#N)cc1)C(=O)N2C. The fraction of sp³-hybridized carbons (Fsp3) is 0.176. The zero-order valence-corrected chi connectivity index (χ0v) is 11.7. The summed E-state index contributed by atoms with van der Waals surface area (Å²) in [4.78, 5) is 13.8. The lowest BCUT2D eigenvalue weighted by molar-refractivity contribution is -0.126. The van der Waals surface area contributed by atoms with E-state index in [2.05, 4.69) is 0 Å². The zero-order valence-electron chi connectivity index (χ0n) is 11.7. The van der Waals surface area contributed by atoms with Crippen molar-refractivity contribution in [3.63, 3.8) is 0 Å². The highest BCUT2D eigenvalue weighted by atomic mass is 19.1. The van der Waals surface area contributed by atoms with Crippen LogP contribution in [0.25, 0.3) is 0 Å². The largest absolute Gasteiger partial charge is 0.312 e. The quantitative estimate of drug-likeness (QED) is 0.805. The number of carbonyl (C=O) groups excluding carboxylic acids is 1. The van der Waals surface area contributed by atoms with Crippen LogP contribution in [-0.2, 0) is 10.5 Å². The first-order valence-electron chi connectivity index (χ1n) is 6.57. The summed E-state index contributed by atoms with van der Waals surface area (Å²) < 4.78 is 15.6. The number of hydrogen-bond donors (Lipinski definition) is 0. The summed E-state index contributed by atoms with van der Waals surface area (Å²) in [5.41, 5.74) is 0.336. The standard InChI is InChI=1S/C17H13FN2O/c1-11-3-8-15-14(9-11)17(18,16(21)20(15)2)13-6-4-12(10-19)5-7-13/h3-9H,1-2H3/t17-/m1/s1. The molecule has 0 saturated heterocycles. The Bertz CT molecular complexity index is 776. The van der Waals surface area contributed by atoms with Crippen LogP contribution < -0.4 is 4.90 Å². The maximum Gasteiger partial charge on any atom is 0.273 e. The van der Waals surface area contributed by atoms with Crippen LogP contribution >= 0.6 is 0 Å². The molecule has 21 heavy (non-hydrogen) atoms. The van der Waals surface area contributed by atoms with Gasteiger partial charge in [-0.3, -0.25) is 4.79 Å². The number of benzene rings is 2. The molecule has 0 fully saturated rings. The summed E-state index contributed by atoms with van der Waals surface area (Å²) in [6.07, 6.45) is 0. The topological polar surface area (TPSA) is 44.1 Å². The third-order valence-corrected chi connectivity index (χ3v) is 3.90. The number of hydrogen-bond acceptors (Lipinski definition) is 2. The van der Waals surface area contributed by atoms with E-state index in [4.69, 9.17) is 5.26 Å². The van der Waals surface area contributed by atoms with Gasteiger partial charge in [-0.1, -0.05) is 23.8 Å². The molecule has 0 unspecified atom stereocenters. The lowest BCUT2D eigenvalue weighted by Crippen LogP contribution is -2.35. The molecule has 1 heterocycles. The number of aryl methyl sites for hydroxylation is 1. The Hall–Kier alpha value is -2.67. The second-order valence-corrected chi connectivity index (χ2v) is 5.23. The van der Waals surface area contributed by atoms with Gasteiger partial charge in [-0.25, -0.2) is 4.39 Å². The molecule has 1 aliphatic rings. The van der Waals surface area contributed by atoms with Crippen LogP contribution in [0.4, 0.5) is 10.1 Å². The number of carbonyl (C=O) groups is 1. The van der Waals surface area contributed by atoms with Gasteiger partial charge in [-0.15, -0.1) is 0 Å². The van der Waals surface area contributed by atoms with Gasteiger partial charge in [0.1, 0.15) is 0 Å². The first-order chi connectivity index (χ1) is 9.98. The number of alkyl halides is 1. The second-order valence-electron chi connectivity index (χ2n) is 5.23. The van der Waals surface area contributed by atoms with Gasteiger partial charge < -0.3 is 4.90 Å². The number of halogens is 1. The van der Waals surface area contributed by atoms with Gasteiger partial charge in [0.2, 0.25) is 5.67 Å². The third-order valence-electron chi connectivity index (χ3n) is 3.90. The Morgan fingerprint density at radius 1 is 1.19 bits per heavy atom. The molecule has 2 aromatic rings. The first kappa shape index (κ1) is 13.3. The van der Waals surface area contributed by atoms with Crippen molar-refractivity contribution in [1.29, 1.82) is 5.26 Å². The number of nitriles is 1. The van der Waals surface area contributed by atoms with Gasteiger partial charge in [-0.05, 0) is 31.2 Å². The Balaban J connectivity index is 2.23. The third kappa shape index (κ3) is 1.74. The molecule has 0 aliphatic carbocycles. The Morgan fingerprint density at radius 2 is 1.86 bits per heavy atom. The van der Waals surface area contributed by atoms with E-state index in [0.29, 0.717) is 16.8 Å². The predicted molar refractivity (Wildman–Crippen MR) is 77.6 cm³/mol. The van der Waals surface area contributed by atoms with E-state index in [9.17, 15) is 4.79 Å². The number of fused-ring (bicyclic) bond motifs is 1. The van der Waals surface area contributed by atoms with Crippen molar-refractivity contribution in [2.45, 2.75) is 12.6 Å². The number of anilines is 1. The average molecular weight is 280 g/mol. The molecule has 4 heteroatoms. The summed E-state index contributed by atoms with van der Waals surface area (Å²) in [5, 5.41) is 8.83. The molecule has 3 nitrogen and oxygen atoms in total. The fourth-order valence-electron chi connectivity index (χ4n) is 2.73. The van der Waals surface area contributed by atoms with Crippen LogP contribution in [0, 0.1) is 18.3 Å². The molecule has 2 aromatic carbocycles. The Kier molecular flexibility index (Phi) is 2.80. The maximum absolute atomic E-state index is 15.6. The molecule has 0 spiro atoms. The fourth-order valence-corrected chi connectivity index (χ4v) is 2.73. The van der Waals surface area contributed by atoms with Crippen molar-refractivity contribution in [1.82, 2.24) is 0 Å².